The number of rotatable bonds is 3. The predicted molar refractivity (Wildman–Crippen MR) is 84.5 cm³/mol. The molecule has 0 aliphatic rings. The average molecular weight is 297 g/mol. The molecular formula is C16H19N5O. The fraction of sp³-hybridized carbons (Fsp3) is 0.312. The number of carbonyl (C=O) groups is 1. The number of H-pyrrole nitrogens is 1. The van der Waals surface area contributed by atoms with Crippen LogP contribution in [0.5, 0.6) is 0 Å². The van der Waals surface area contributed by atoms with Gasteiger partial charge in [-0.2, -0.15) is 5.10 Å². The average Bonchev–Trinajstić information content (AvgIpc) is 3.11. The molecule has 3 aromatic rings. The first-order valence-corrected chi connectivity index (χ1v) is 7.20. The molecule has 1 amide bonds. The molecule has 3 rings (SSSR count). The summed E-state index contributed by atoms with van der Waals surface area (Å²) in [4.78, 5) is 16.4. The summed E-state index contributed by atoms with van der Waals surface area (Å²) in [6.45, 7) is 6.68. The van der Waals surface area contributed by atoms with Crippen LogP contribution in [-0.2, 0) is 12.1 Å². The third kappa shape index (κ3) is 2.72. The molecule has 0 unspecified atom stereocenters. The minimum Gasteiger partial charge on any atom is -0.348 e. The summed E-state index contributed by atoms with van der Waals surface area (Å²) >= 11 is 0. The molecule has 0 saturated heterocycles. The van der Waals surface area contributed by atoms with E-state index < -0.39 is 0 Å². The van der Waals surface area contributed by atoms with E-state index in [2.05, 4.69) is 41.3 Å². The molecule has 0 fully saturated rings. The van der Waals surface area contributed by atoms with Gasteiger partial charge in [0, 0.05) is 29.5 Å². The number of aromatic nitrogens is 4. The van der Waals surface area contributed by atoms with Crippen molar-refractivity contribution in [3.8, 4) is 0 Å². The van der Waals surface area contributed by atoms with Gasteiger partial charge in [-0.1, -0.05) is 0 Å². The molecule has 0 aliphatic carbocycles. The van der Waals surface area contributed by atoms with Crippen molar-refractivity contribution < 1.29 is 4.79 Å². The molecule has 0 atom stereocenters. The second-order valence-electron chi connectivity index (χ2n) is 6.24. The fourth-order valence-electron chi connectivity index (χ4n) is 2.26. The van der Waals surface area contributed by atoms with Crippen molar-refractivity contribution >= 4 is 16.9 Å². The zero-order valence-corrected chi connectivity index (χ0v) is 12.9. The van der Waals surface area contributed by atoms with E-state index in [4.69, 9.17) is 0 Å². The zero-order valence-electron chi connectivity index (χ0n) is 12.9. The molecule has 114 valence electrons. The van der Waals surface area contributed by atoms with Gasteiger partial charge in [0.25, 0.3) is 5.91 Å². The highest BCUT2D eigenvalue weighted by Crippen LogP contribution is 2.16. The topological polar surface area (TPSA) is 75.6 Å². The number of nitrogens with zero attached hydrogens (tertiary/aromatic N) is 3. The van der Waals surface area contributed by atoms with E-state index in [1.54, 1.807) is 6.20 Å². The summed E-state index contributed by atoms with van der Waals surface area (Å²) < 4.78 is 2.03. The first-order valence-electron chi connectivity index (χ1n) is 7.20. The molecule has 0 aliphatic heterocycles. The van der Waals surface area contributed by atoms with Gasteiger partial charge in [-0.3, -0.25) is 9.89 Å². The zero-order chi connectivity index (χ0) is 15.7. The summed E-state index contributed by atoms with van der Waals surface area (Å²) in [7, 11) is 0. The van der Waals surface area contributed by atoms with Crippen LogP contribution in [0.25, 0.3) is 11.0 Å². The van der Waals surface area contributed by atoms with Crippen LogP contribution in [-0.4, -0.2) is 25.7 Å². The lowest BCUT2D eigenvalue weighted by Gasteiger charge is -2.20. The van der Waals surface area contributed by atoms with Gasteiger partial charge in [-0.25, -0.2) is 4.98 Å². The van der Waals surface area contributed by atoms with Crippen LogP contribution in [0.4, 0.5) is 0 Å². The lowest BCUT2D eigenvalue weighted by atomic mass is 10.1. The Hall–Kier alpha value is -2.63. The van der Waals surface area contributed by atoms with Gasteiger partial charge in [0.1, 0.15) is 0 Å². The lowest BCUT2D eigenvalue weighted by molar-refractivity contribution is 0.0950. The van der Waals surface area contributed by atoms with Crippen LogP contribution < -0.4 is 5.32 Å². The minimum absolute atomic E-state index is 0.0379. The first-order chi connectivity index (χ1) is 10.4. The quantitative estimate of drug-likeness (QED) is 0.779. The molecule has 22 heavy (non-hydrogen) atoms. The molecule has 6 heteroatoms. The summed E-state index contributed by atoms with van der Waals surface area (Å²) in [5.74, 6) is -0.102. The maximum Gasteiger partial charge on any atom is 0.253 e. The summed E-state index contributed by atoms with van der Waals surface area (Å²) in [5.41, 5.74) is 2.12. The number of aromatic amines is 1. The maximum atomic E-state index is 12.2. The van der Waals surface area contributed by atoms with Crippen molar-refractivity contribution in [1.29, 1.82) is 0 Å². The van der Waals surface area contributed by atoms with Crippen LogP contribution in [0.1, 0.15) is 36.8 Å². The van der Waals surface area contributed by atoms with E-state index in [9.17, 15) is 4.79 Å². The Morgan fingerprint density at radius 1 is 1.36 bits per heavy atom. The summed E-state index contributed by atoms with van der Waals surface area (Å²) in [6, 6.07) is 5.61. The molecular weight excluding hydrogens is 278 g/mol. The second kappa shape index (κ2) is 5.29. The fourth-order valence-corrected chi connectivity index (χ4v) is 2.26. The van der Waals surface area contributed by atoms with Gasteiger partial charge in [-0.05, 0) is 39.0 Å². The largest absolute Gasteiger partial charge is 0.348 e. The Morgan fingerprint density at radius 2 is 2.18 bits per heavy atom. The number of hydrogen-bond acceptors (Lipinski definition) is 3. The number of carbonyl (C=O) groups excluding carboxylic acids is 1. The van der Waals surface area contributed by atoms with Crippen LogP contribution in [0, 0.1) is 0 Å². The Labute approximate surface area is 128 Å². The molecule has 6 nitrogen and oxygen atoms in total. The van der Waals surface area contributed by atoms with Crippen molar-refractivity contribution in [2.75, 3.05) is 0 Å². The van der Waals surface area contributed by atoms with Gasteiger partial charge in [0.15, 0.2) is 5.65 Å². The van der Waals surface area contributed by atoms with Gasteiger partial charge < -0.3 is 9.88 Å². The van der Waals surface area contributed by atoms with Crippen molar-refractivity contribution in [2.45, 2.75) is 32.9 Å². The van der Waals surface area contributed by atoms with E-state index in [0.717, 1.165) is 11.1 Å². The highest BCUT2D eigenvalue weighted by molar-refractivity contribution is 5.94. The van der Waals surface area contributed by atoms with Crippen molar-refractivity contribution in [1.82, 2.24) is 25.1 Å². The predicted octanol–water partition coefficient (Wildman–Crippen LogP) is 2.44. The van der Waals surface area contributed by atoms with Crippen LogP contribution in [0.3, 0.4) is 0 Å². The molecule has 0 radical (unpaired) electrons. The SMILES string of the molecule is CC(C)(C)n1ccc(C(=O)NCc2[nH]nc3ncccc23)c1. The Bertz CT molecular complexity index is 809. The number of pyridine rings is 1. The smallest absolute Gasteiger partial charge is 0.253 e. The number of nitrogens with one attached hydrogen (secondary N) is 2. The second-order valence-corrected chi connectivity index (χ2v) is 6.24. The highest BCUT2D eigenvalue weighted by Gasteiger charge is 2.15. The maximum absolute atomic E-state index is 12.2. The molecule has 3 heterocycles. The summed E-state index contributed by atoms with van der Waals surface area (Å²) in [6.07, 6.45) is 5.48. The molecule has 0 aromatic carbocycles. The van der Waals surface area contributed by atoms with E-state index >= 15 is 0 Å². The molecule has 3 aromatic heterocycles. The Morgan fingerprint density at radius 3 is 2.91 bits per heavy atom. The Balaban J connectivity index is 1.71. The first kappa shape index (κ1) is 14.3. The molecule has 0 spiro atoms. The lowest BCUT2D eigenvalue weighted by Crippen LogP contribution is -2.23. The minimum atomic E-state index is -0.102. The van der Waals surface area contributed by atoms with Gasteiger partial charge in [-0.15, -0.1) is 0 Å². The van der Waals surface area contributed by atoms with Gasteiger partial charge in [0.05, 0.1) is 17.8 Å². The number of fused-ring (bicyclic) bond motifs is 1. The van der Waals surface area contributed by atoms with Crippen molar-refractivity contribution in [2.24, 2.45) is 0 Å². The van der Waals surface area contributed by atoms with E-state index in [1.807, 2.05) is 35.2 Å². The van der Waals surface area contributed by atoms with E-state index in [1.165, 1.54) is 0 Å². The Kier molecular flexibility index (Phi) is 3.44. The monoisotopic (exact) mass is 297 g/mol. The number of amides is 1. The van der Waals surface area contributed by atoms with Crippen molar-refractivity contribution in [3.63, 3.8) is 0 Å². The normalized spacial score (nSPS) is 11.8. The highest BCUT2D eigenvalue weighted by atomic mass is 16.1. The number of hydrogen-bond donors (Lipinski definition) is 2. The molecule has 0 saturated carbocycles. The van der Waals surface area contributed by atoms with Crippen LogP contribution in [0.15, 0.2) is 36.8 Å². The van der Waals surface area contributed by atoms with Crippen molar-refractivity contribution in [3.05, 3.63) is 48.0 Å². The van der Waals surface area contributed by atoms with E-state index in [-0.39, 0.29) is 11.4 Å². The standard InChI is InChI=1S/C16H19N5O/c1-16(2,3)21-8-6-11(10-21)15(22)18-9-13-12-5-4-7-17-14(12)20-19-13/h4-8,10H,9H2,1-3H3,(H,18,22)(H,17,19,20). The third-order valence-electron chi connectivity index (χ3n) is 3.56. The summed E-state index contributed by atoms with van der Waals surface area (Å²) in [5, 5.41) is 10.9. The van der Waals surface area contributed by atoms with E-state index in [0.29, 0.717) is 17.8 Å². The van der Waals surface area contributed by atoms with Gasteiger partial charge in [0.2, 0.25) is 0 Å². The van der Waals surface area contributed by atoms with Crippen LogP contribution in [0.2, 0.25) is 0 Å². The molecule has 0 bridgehead atoms. The van der Waals surface area contributed by atoms with Crippen LogP contribution >= 0.6 is 0 Å². The third-order valence-corrected chi connectivity index (χ3v) is 3.56. The molecule has 2 N–H and O–H groups in total. The van der Waals surface area contributed by atoms with Gasteiger partial charge >= 0.3 is 0 Å².